The van der Waals surface area contributed by atoms with Crippen LogP contribution >= 0.6 is 0 Å². The minimum atomic E-state index is 0.114. The average Bonchev–Trinajstić information content (AvgIpc) is 2.99. The highest BCUT2D eigenvalue weighted by atomic mass is 16.3. The lowest BCUT2D eigenvalue weighted by Crippen LogP contribution is -2.02. The molecule has 0 saturated heterocycles. The minimum Gasteiger partial charge on any atom is -0.460 e. The zero-order valence-corrected chi connectivity index (χ0v) is 13.1. The molecule has 1 atom stereocenters. The fraction of sp³-hybridized carbons (Fsp3) is 0.0909. The summed E-state index contributed by atoms with van der Waals surface area (Å²) in [4.78, 5) is 0. The van der Waals surface area contributed by atoms with Crippen LogP contribution in [0.15, 0.2) is 89.3 Å². The molecule has 4 aromatic rings. The van der Waals surface area contributed by atoms with Crippen molar-refractivity contribution >= 4 is 11.0 Å². The Labute approximate surface area is 136 Å². The van der Waals surface area contributed by atoms with E-state index in [1.54, 1.807) is 0 Å². The van der Waals surface area contributed by atoms with Gasteiger partial charge in [-0.05, 0) is 30.2 Å². The molecule has 0 amide bonds. The Hall–Kier alpha value is -2.80. The molecule has 1 unspecified atom stereocenters. The molecule has 0 N–H and O–H groups in total. The van der Waals surface area contributed by atoms with E-state index in [4.69, 9.17) is 4.42 Å². The molecule has 1 heterocycles. The molecular weight excluding hydrogens is 280 g/mol. The quantitative estimate of drug-likeness (QED) is 0.457. The van der Waals surface area contributed by atoms with E-state index < -0.39 is 0 Å². The number of para-hydroxylation sites is 1. The lowest BCUT2D eigenvalue weighted by molar-refractivity contribution is 0.541. The van der Waals surface area contributed by atoms with Crippen LogP contribution in [0.1, 0.15) is 28.4 Å². The van der Waals surface area contributed by atoms with Crippen molar-refractivity contribution in [3.63, 3.8) is 0 Å². The van der Waals surface area contributed by atoms with Crippen molar-refractivity contribution in [1.29, 1.82) is 0 Å². The summed E-state index contributed by atoms with van der Waals surface area (Å²) >= 11 is 0. The van der Waals surface area contributed by atoms with Crippen LogP contribution in [0.3, 0.4) is 0 Å². The molecule has 1 heteroatoms. The Balaban J connectivity index is 1.91. The maximum Gasteiger partial charge on any atom is 0.134 e. The number of aryl methyl sites for hydroxylation is 1. The minimum absolute atomic E-state index is 0.114. The van der Waals surface area contributed by atoms with Gasteiger partial charge < -0.3 is 4.42 Å². The number of furan rings is 1. The van der Waals surface area contributed by atoms with Gasteiger partial charge >= 0.3 is 0 Å². The molecule has 0 aliphatic carbocycles. The Morgan fingerprint density at radius 1 is 0.696 bits per heavy atom. The SMILES string of the molecule is Cc1cccc(C(c2ccccc2)c2cc3ccccc3o2)c1. The van der Waals surface area contributed by atoms with Gasteiger partial charge in [-0.1, -0.05) is 78.4 Å². The molecule has 112 valence electrons. The van der Waals surface area contributed by atoms with Crippen molar-refractivity contribution in [2.24, 2.45) is 0 Å². The molecule has 0 fully saturated rings. The lowest BCUT2D eigenvalue weighted by Gasteiger charge is -2.16. The van der Waals surface area contributed by atoms with Crippen molar-refractivity contribution in [1.82, 2.24) is 0 Å². The van der Waals surface area contributed by atoms with Gasteiger partial charge in [-0.15, -0.1) is 0 Å². The predicted molar refractivity (Wildman–Crippen MR) is 94.8 cm³/mol. The lowest BCUT2D eigenvalue weighted by atomic mass is 9.88. The van der Waals surface area contributed by atoms with Gasteiger partial charge in [0.2, 0.25) is 0 Å². The van der Waals surface area contributed by atoms with E-state index in [1.807, 2.05) is 18.2 Å². The molecule has 23 heavy (non-hydrogen) atoms. The molecule has 1 aromatic heterocycles. The molecule has 1 nitrogen and oxygen atoms in total. The molecule has 0 radical (unpaired) electrons. The fourth-order valence-electron chi connectivity index (χ4n) is 3.16. The standard InChI is InChI=1S/C22H18O/c1-16-8-7-12-19(14-16)22(17-9-3-2-4-10-17)21-15-18-11-5-6-13-20(18)23-21/h2-15,22H,1H3. The molecule has 0 spiro atoms. The van der Waals surface area contributed by atoms with Crippen molar-refractivity contribution in [2.45, 2.75) is 12.8 Å². The number of rotatable bonds is 3. The van der Waals surface area contributed by atoms with Crippen LogP contribution in [0.4, 0.5) is 0 Å². The third-order valence-corrected chi connectivity index (χ3v) is 4.24. The zero-order chi connectivity index (χ0) is 15.6. The first kappa shape index (κ1) is 13.8. The second-order valence-corrected chi connectivity index (χ2v) is 5.94. The van der Waals surface area contributed by atoms with Crippen LogP contribution in [0.5, 0.6) is 0 Å². The first-order chi connectivity index (χ1) is 11.3. The molecule has 4 rings (SSSR count). The highest BCUT2D eigenvalue weighted by molar-refractivity contribution is 5.78. The monoisotopic (exact) mass is 298 g/mol. The summed E-state index contributed by atoms with van der Waals surface area (Å²) in [6.07, 6.45) is 0. The molecule has 0 bridgehead atoms. The summed E-state index contributed by atoms with van der Waals surface area (Å²) in [5, 5.41) is 1.15. The molecular formula is C22H18O. The van der Waals surface area contributed by atoms with Crippen molar-refractivity contribution < 1.29 is 4.42 Å². The van der Waals surface area contributed by atoms with E-state index in [0.29, 0.717) is 0 Å². The average molecular weight is 298 g/mol. The summed E-state index contributed by atoms with van der Waals surface area (Å²) in [7, 11) is 0. The van der Waals surface area contributed by atoms with Gasteiger partial charge in [0.1, 0.15) is 11.3 Å². The maximum atomic E-state index is 6.18. The predicted octanol–water partition coefficient (Wildman–Crippen LogP) is 5.92. The first-order valence-corrected chi connectivity index (χ1v) is 7.91. The molecule has 0 aliphatic rings. The van der Waals surface area contributed by atoms with Gasteiger partial charge in [0.05, 0.1) is 5.92 Å². The Morgan fingerprint density at radius 3 is 2.22 bits per heavy atom. The molecule has 0 aliphatic heterocycles. The smallest absolute Gasteiger partial charge is 0.134 e. The van der Waals surface area contributed by atoms with E-state index in [1.165, 1.54) is 16.7 Å². The number of fused-ring (bicyclic) bond motifs is 1. The topological polar surface area (TPSA) is 13.1 Å². The van der Waals surface area contributed by atoms with Crippen molar-refractivity contribution in [2.75, 3.05) is 0 Å². The van der Waals surface area contributed by atoms with Crippen LogP contribution < -0.4 is 0 Å². The van der Waals surface area contributed by atoms with E-state index in [0.717, 1.165) is 16.7 Å². The summed E-state index contributed by atoms with van der Waals surface area (Å²) < 4.78 is 6.18. The van der Waals surface area contributed by atoms with E-state index in [2.05, 4.69) is 73.7 Å². The highest BCUT2D eigenvalue weighted by Gasteiger charge is 2.20. The second-order valence-electron chi connectivity index (χ2n) is 5.94. The van der Waals surface area contributed by atoms with Gasteiger partial charge in [0.15, 0.2) is 0 Å². The van der Waals surface area contributed by atoms with Crippen LogP contribution in [0.2, 0.25) is 0 Å². The first-order valence-electron chi connectivity index (χ1n) is 7.91. The van der Waals surface area contributed by atoms with Crippen molar-refractivity contribution in [3.05, 3.63) is 107 Å². The Morgan fingerprint density at radius 2 is 1.43 bits per heavy atom. The Bertz CT molecular complexity index is 901. The number of benzene rings is 3. The van der Waals surface area contributed by atoms with Crippen molar-refractivity contribution in [3.8, 4) is 0 Å². The van der Waals surface area contributed by atoms with Crippen LogP contribution in [-0.4, -0.2) is 0 Å². The fourth-order valence-corrected chi connectivity index (χ4v) is 3.16. The largest absolute Gasteiger partial charge is 0.460 e. The summed E-state index contributed by atoms with van der Waals surface area (Å²) in [5.41, 5.74) is 4.71. The third-order valence-electron chi connectivity index (χ3n) is 4.24. The van der Waals surface area contributed by atoms with E-state index in [-0.39, 0.29) is 5.92 Å². The van der Waals surface area contributed by atoms with E-state index in [9.17, 15) is 0 Å². The molecule has 3 aromatic carbocycles. The second kappa shape index (κ2) is 5.77. The van der Waals surface area contributed by atoms with Gasteiger partial charge in [0, 0.05) is 5.39 Å². The summed E-state index contributed by atoms with van der Waals surface area (Å²) in [5.74, 6) is 1.10. The van der Waals surface area contributed by atoms with Gasteiger partial charge in [0.25, 0.3) is 0 Å². The molecule has 0 saturated carbocycles. The van der Waals surface area contributed by atoms with Gasteiger partial charge in [-0.3, -0.25) is 0 Å². The normalized spacial score (nSPS) is 12.4. The van der Waals surface area contributed by atoms with Crippen LogP contribution in [0.25, 0.3) is 11.0 Å². The summed E-state index contributed by atoms with van der Waals surface area (Å²) in [6.45, 7) is 2.13. The van der Waals surface area contributed by atoms with Gasteiger partial charge in [-0.25, -0.2) is 0 Å². The maximum absolute atomic E-state index is 6.18. The number of hydrogen-bond acceptors (Lipinski definition) is 1. The third kappa shape index (κ3) is 2.66. The van der Waals surface area contributed by atoms with Crippen LogP contribution in [-0.2, 0) is 0 Å². The van der Waals surface area contributed by atoms with E-state index >= 15 is 0 Å². The summed E-state index contributed by atoms with van der Waals surface area (Å²) in [6, 6.07) is 29.6. The zero-order valence-electron chi connectivity index (χ0n) is 13.1. The Kier molecular flexibility index (Phi) is 3.47. The van der Waals surface area contributed by atoms with Gasteiger partial charge in [-0.2, -0.15) is 0 Å². The number of hydrogen-bond donors (Lipinski definition) is 0. The van der Waals surface area contributed by atoms with Crippen LogP contribution in [0, 0.1) is 6.92 Å². The highest BCUT2D eigenvalue weighted by Crippen LogP contribution is 2.35.